The molecule has 4 heteroatoms. The predicted molar refractivity (Wildman–Crippen MR) is 143 cm³/mol. The summed E-state index contributed by atoms with van der Waals surface area (Å²) in [6.07, 6.45) is 0.640. The quantitative estimate of drug-likeness (QED) is 0.325. The fourth-order valence-corrected chi connectivity index (χ4v) is 5.60. The molecule has 1 amide bonds. The van der Waals surface area contributed by atoms with E-state index in [4.69, 9.17) is 0 Å². The van der Waals surface area contributed by atoms with Crippen molar-refractivity contribution in [3.63, 3.8) is 0 Å². The Labute approximate surface area is 209 Å². The molecule has 36 heavy (non-hydrogen) atoms. The van der Waals surface area contributed by atoms with Crippen molar-refractivity contribution < 1.29 is 14.7 Å². The Hall–Kier alpha value is -4.44. The summed E-state index contributed by atoms with van der Waals surface area (Å²) < 4.78 is 0. The lowest BCUT2D eigenvalue weighted by atomic mass is 9.77. The van der Waals surface area contributed by atoms with Crippen molar-refractivity contribution >= 4 is 33.4 Å². The number of fused-ring (bicyclic) bond motifs is 7. The maximum Gasteiger partial charge on any atom is 0.312 e. The van der Waals surface area contributed by atoms with E-state index in [2.05, 4.69) is 53.8 Å². The molecule has 1 aliphatic rings. The van der Waals surface area contributed by atoms with Crippen molar-refractivity contribution in [2.24, 2.45) is 5.41 Å². The minimum absolute atomic E-state index is 0.0363. The van der Waals surface area contributed by atoms with Gasteiger partial charge in [-0.05, 0) is 68.8 Å². The van der Waals surface area contributed by atoms with Gasteiger partial charge >= 0.3 is 5.97 Å². The second-order valence-electron chi connectivity index (χ2n) is 9.63. The van der Waals surface area contributed by atoms with Gasteiger partial charge in [0.1, 0.15) is 0 Å². The van der Waals surface area contributed by atoms with Gasteiger partial charge in [-0.1, -0.05) is 91.0 Å². The summed E-state index contributed by atoms with van der Waals surface area (Å²) in [5, 5.41) is 18.0. The zero-order valence-corrected chi connectivity index (χ0v) is 19.7. The van der Waals surface area contributed by atoms with Crippen LogP contribution < -0.4 is 5.32 Å². The lowest BCUT2D eigenvalue weighted by Gasteiger charge is -2.29. The van der Waals surface area contributed by atoms with Crippen LogP contribution >= 0.6 is 0 Å². The number of hydrogen-bond acceptors (Lipinski definition) is 2. The number of benzene rings is 5. The molecule has 0 aromatic heterocycles. The van der Waals surface area contributed by atoms with Gasteiger partial charge in [0.05, 0.1) is 5.41 Å². The van der Waals surface area contributed by atoms with Gasteiger partial charge in [0, 0.05) is 12.1 Å². The average Bonchev–Trinajstić information content (AvgIpc) is 3.07. The van der Waals surface area contributed by atoms with Crippen molar-refractivity contribution in [3.05, 3.63) is 120 Å². The maximum absolute atomic E-state index is 13.0. The van der Waals surface area contributed by atoms with Crippen molar-refractivity contribution in [2.75, 3.05) is 6.54 Å². The van der Waals surface area contributed by atoms with Gasteiger partial charge in [-0.15, -0.1) is 0 Å². The van der Waals surface area contributed by atoms with Crippen LogP contribution in [-0.4, -0.2) is 23.5 Å². The summed E-state index contributed by atoms with van der Waals surface area (Å²) in [5.41, 5.74) is 3.50. The third kappa shape index (κ3) is 3.62. The number of aliphatic carboxylic acids is 1. The highest BCUT2D eigenvalue weighted by molar-refractivity contribution is 6.08. The summed E-state index contributed by atoms with van der Waals surface area (Å²) in [5.74, 6) is -1.17. The van der Waals surface area contributed by atoms with Gasteiger partial charge < -0.3 is 10.4 Å². The maximum atomic E-state index is 13.0. The minimum Gasteiger partial charge on any atom is -0.481 e. The van der Waals surface area contributed by atoms with E-state index < -0.39 is 11.4 Å². The smallest absolute Gasteiger partial charge is 0.312 e. The average molecular weight is 472 g/mol. The third-order valence-electron chi connectivity index (χ3n) is 7.42. The molecule has 0 spiro atoms. The van der Waals surface area contributed by atoms with Crippen LogP contribution in [0.5, 0.6) is 0 Å². The summed E-state index contributed by atoms with van der Waals surface area (Å²) in [6.45, 7) is 0.0363. The predicted octanol–water partition coefficient (Wildman–Crippen LogP) is 6.26. The first-order chi connectivity index (χ1) is 17.6. The number of carboxylic acids is 1. The molecule has 0 unspecified atom stereocenters. The molecule has 0 atom stereocenters. The molecule has 0 aliphatic heterocycles. The Balaban J connectivity index is 1.55. The van der Waals surface area contributed by atoms with Crippen molar-refractivity contribution in [3.8, 4) is 11.1 Å². The van der Waals surface area contributed by atoms with Crippen LogP contribution in [-0.2, 0) is 17.6 Å². The van der Waals surface area contributed by atoms with Gasteiger partial charge in [0.2, 0.25) is 0 Å². The monoisotopic (exact) mass is 471 g/mol. The number of amides is 1. The molecule has 2 N–H and O–H groups in total. The molecule has 176 valence electrons. The minimum atomic E-state index is -1.19. The number of rotatable bonds is 4. The molecule has 0 fully saturated rings. The first-order valence-electron chi connectivity index (χ1n) is 12.1. The van der Waals surface area contributed by atoms with Crippen LogP contribution in [0.3, 0.4) is 0 Å². The van der Waals surface area contributed by atoms with E-state index in [-0.39, 0.29) is 12.5 Å². The topological polar surface area (TPSA) is 66.4 Å². The fourth-order valence-electron chi connectivity index (χ4n) is 5.60. The molecule has 6 rings (SSSR count). The standard InChI is InChI=1S/C32H25NO3/c34-30(23-10-2-1-3-11-23)33-20-32(31(35)36)18-24-16-14-21-8-4-6-12-26(21)28(24)29-25(19-32)17-15-22-9-5-7-13-27(22)29/h1-17H,18-20H2,(H,33,34)(H,35,36). The zero-order valence-electron chi connectivity index (χ0n) is 19.7. The molecular formula is C32H25NO3. The van der Waals surface area contributed by atoms with Crippen LogP contribution in [0, 0.1) is 5.41 Å². The van der Waals surface area contributed by atoms with Crippen LogP contribution in [0.1, 0.15) is 21.5 Å². The Morgan fingerprint density at radius 3 is 1.69 bits per heavy atom. The van der Waals surface area contributed by atoms with E-state index in [0.29, 0.717) is 18.4 Å². The summed E-state index contributed by atoms with van der Waals surface area (Å²) in [4.78, 5) is 25.8. The van der Waals surface area contributed by atoms with Gasteiger partial charge in [0.15, 0.2) is 0 Å². The van der Waals surface area contributed by atoms with Gasteiger partial charge in [0.25, 0.3) is 5.91 Å². The molecule has 0 bridgehead atoms. The molecule has 5 aromatic carbocycles. The normalized spacial score (nSPS) is 14.0. The summed E-state index contributed by atoms with van der Waals surface area (Å²) in [7, 11) is 0. The van der Waals surface area contributed by atoms with Crippen LogP contribution in [0.4, 0.5) is 0 Å². The highest BCUT2D eigenvalue weighted by Crippen LogP contribution is 2.46. The van der Waals surface area contributed by atoms with Crippen molar-refractivity contribution in [2.45, 2.75) is 12.8 Å². The molecule has 0 saturated heterocycles. The van der Waals surface area contributed by atoms with E-state index in [1.54, 1.807) is 24.3 Å². The van der Waals surface area contributed by atoms with E-state index in [1.165, 1.54) is 0 Å². The molecular weight excluding hydrogens is 446 g/mol. The number of nitrogens with one attached hydrogen (secondary N) is 1. The second-order valence-corrected chi connectivity index (χ2v) is 9.63. The van der Waals surface area contributed by atoms with Gasteiger partial charge in [-0.3, -0.25) is 9.59 Å². The summed E-state index contributed by atoms with van der Waals surface area (Å²) >= 11 is 0. The SMILES string of the molecule is O=C(NCC1(C(=O)O)Cc2ccc3ccccc3c2-c2c(ccc3ccccc23)C1)c1ccccc1. The molecule has 0 saturated carbocycles. The lowest BCUT2D eigenvalue weighted by molar-refractivity contribution is -0.148. The number of carboxylic acid groups (broad SMARTS) is 1. The van der Waals surface area contributed by atoms with Crippen LogP contribution in [0.2, 0.25) is 0 Å². The Morgan fingerprint density at radius 1 is 0.667 bits per heavy atom. The third-order valence-corrected chi connectivity index (χ3v) is 7.42. The molecule has 5 aromatic rings. The zero-order chi connectivity index (χ0) is 24.7. The lowest BCUT2D eigenvalue weighted by Crippen LogP contribution is -2.46. The molecule has 0 radical (unpaired) electrons. The molecule has 1 aliphatic carbocycles. The summed E-state index contributed by atoms with van der Waals surface area (Å²) in [6, 6.07) is 33.7. The number of hydrogen-bond donors (Lipinski definition) is 2. The highest BCUT2D eigenvalue weighted by Gasteiger charge is 2.43. The second kappa shape index (κ2) is 8.65. The van der Waals surface area contributed by atoms with Gasteiger partial charge in [-0.25, -0.2) is 0 Å². The largest absolute Gasteiger partial charge is 0.481 e. The van der Waals surface area contributed by atoms with Gasteiger partial charge in [-0.2, -0.15) is 0 Å². The Bertz CT molecular complexity index is 1550. The first kappa shape index (κ1) is 22.1. The molecule has 4 nitrogen and oxygen atoms in total. The van der Waals surface area contributed by atoms with E-state index in [1.807, 2.05) is 30.3 Å². The highest BCUT2D eigenvalue weighted by atomic mass is 16.4. The van der Waals surface area contributed by atoms with Crippen LogP contribution in [0.15, 0.2) is 103 Å². The molecule has 0 heterocycles. The Morgan fingerprint density at radius 2 is 1.17 bits per heavy atom. The number of carbonyl (C=O) groups is 2. The first-order valence-corrected chi connectivity index (χ1v) is 12.1. The van der Waals surface area contributed by atoms with Crippen molar-refractivity contribution in [1.82, 2.24) is 5.32 Å². The fraction of sp³-hybridized carbons (Fsp3) is 0.125. The van der Waals surface area contributed by atoms with Crippen molar-refractivity contribution in [1.29, 1.82) is 0 Å². The number of carbonyl (C=O) groups excluding carboxylic acids is 1. The van der Waals surface area contributed by atoms with Crippen LogP contribution in [0.25, 0.3) is 32.7 Å². The van der Waals surface area contributed by atoms with E-state index in [0.717, 1.165) is 43.8 Å². The van der Waals surface area contributed by atoms with E-state index >= 15 is 0 Å². The Kier molecular flexibility index (Phi) is 5.30. The van der Waals surface area contributed by atoms with E-state index in [9.17, 15) is 14.7 Å².